The summed E-state index contributed by atoms with van der Waals surface area (Å²) in [5.41, 5.74) is 2.29. The molecular formula is C20H14F3N3O2S. The van der Waals surface area contributed by atoms with Crippen molar-refractivity contribution in [1.82, 2.24) is 9.61 Å². The third kappa shape index (κ3) is 3.62. The Morgan fingerprint density at radius 1 is 0.862 bits per heavy atom. The van der Waals surface area contributed by atoms with Crippen molar-refractivity contribution in [3.63, 3.8) is 0 Å². The van der Waals surface area contributed by atoms with Crippen LogP contribution in [0.3, 0.4) is 0 Å². The largest absolute Gasteiger partial charge is 0.416 e. The Bertz CT molecular complexity index is 1290. The van der Waals surface area contributed by atoms with Crippen molar-refractivity contribution < 1.29 is 21.6 Å². The van der Waals surface area contributed by atoms with E-state index in [1.54, 1.807) is 35.0 Å². The van der Waals surface area contributed by atoms with Gasteiger partial charge in [0, 0.05) is 17.3 Å². The van der Waals surface area contributed by atoms with Crippen molar-refractivity contribution >= 4 is 15.5 Å². The van der Waals surface area contributed by atoms with Crippen LogP contribution in [0.25, 0.3) is 27.9 Å². The van der Waals surface area contributed by atoms with Crippen molar-refractivity contribution in [3.05, 3.63) is 78.5 Å². The molecule has 2 heterocycles. The topological polar surface area (TPSA) is 77.5 Å². The number of halogens is 3. The van der Waals surface area contributed by atoms with E-state index in [-0.39, 0.29) is 4.90 Å². The van der Waals surface area contributed by atoms with Crippen LogP contribution in [0.1, 0.15) is 5.56 Å². The minimum absolute atomic E-state index is 0.0407. The number of aromatic nitrogens is 2. The first-order valence-corrected chi connectivity index (χ1v) is 9.97. The number of primary sulfonamides is 1. The molecule has 0 radical (unpaired) electrons. The number of hydrogen-bond acceptors (Lipinski definition) is 3. The fourth-order valence-electron chi connectivity index (χ4n) is 3.11. The zero-order valence-corrected chi connectivity index (χ0v) is 15.6. The van der Waals surface area contributed by atoms with E-state index in [0.717, 1.165) is 12.1 Å². The molecule has 5 nitrogen and oxygen atoms in total. The molecule has 0 saturated heterocycles. The normalized spacial score (nSPS) is 12.4. The molecule has 148 valence electrons. The first-order chi connectivity index (χ1) is 13.6. The van der Waals surface area contributed by atoms with E-state index in [2.05, 4.69) is 5.10 Å². The number of rotatable bonds is 3. The van der Waals surface area contributed by atoms with Gasteiger partial charge >= 0.3 is 6.18 Å². The highest BCUT2D eigenvalue weighted by Gasteiger charge is 2.30. The summed E-state index contributed by atoms with van der Waals surface area (Å²) in [6.07, 6.45) is -2.70. The van der Waals surface area contributed by atoms with Gasteiger partial charge in [-0.25, -0.2) is 18.1 Å². The van der Waals surface area contributed by atoms with Crippen LogP contribution in [0.4, 0.5) is 13.2 Å². The standard InChI is InChI=1S/C20H14F3N3O2S/c21-20(22,23)15-8-4-13(5-9-15)18-17-3-1-2-12-26(17)25-19(18)14-6-10-16(11-7-14)29(24,27)28/h1-12H,(H2,24,27,28). The van der Waals surface area contributed by atoms with Crippen LogP contribution in [0, 0.1) is 0 Å². The number of benzene rings is 2. The zero-order chi connectivity index (χ0) is 20.8. The second-order valence-corrected chi connectivity index (χ2v) is 7.96. The maximum atomic E-state index is 12.9. The van der Waals surface area contributed by atoms with Gasteiger partial charge in [0.15, 0.2) is 0 Å². The molecule has 0 aliphatic heterocycles. The number of pyridine rings is 1. The summed E-state index contributed by atoms with van der Waals surface area (Å²) in [6.45, 7) is 0. The number of hydrogen-bond donors (Lipinski definition) is 1. The van der Waals surface area contributed by atoms with Crippen LogP contribution < -0.4 is 5.14 Å². The molecule has 2 aromatic carbocycles. The molecule has 4 rings (SSSR count). The van der Waals surface area contributed by atoms with E-state index < -0.39 is 21.8 Å². The lowest BCUT2D eigenvalue weighted by Crippen LogP contribution is -2.11. The summed E-state index contributed by atoms with van der Waals surface area (Å²) in [4.78, 5) is -0.0407. The third-order valence-corrected chi connectivity index (χ3v) is 5.43. The maximum Gasteiger partial charge on any atom is 0.416 e. The van der Waals surface area contributed by atoms with E-state index in [9.17, 15) is 21.6 Å². The van der Waals surface area contributed by atoms with Gasteiger partial charge in [0.2, 0.25) is 10.0 Å². The fraction of sp³-hybridized carbons (Fsp3) is 0.0500. The highest BCUT2D eigenvalue weighted by atomic mass is 32.2. The number of fused-ring (bicyclic) bond motifs is 1. The Kier molecular flexibility index (Phi) is 4.44. The lowest BCUT2D eigenvalue weighted by atomic mass is 9.98. The minimum Gasteiger partial charge on any atom is -0.240 e. The number of sulfonamides is 1. The van der Waals surface area contributed by atoms with Gasteiger partial charge in [0.25, 0.3) is 0 Å². The third-order valence-electron chi connectivity index (χ3n) is 4.50. The molecule has 29 heavy (non-hydrogen) atoms. The molecule has 0 aliphatic rings. The summed E-state index contributed by atoms with van der Waals surface area (Å²) < 4.78 is 63.4. The average Bonchev–Trinajstić information content (AvgIpc) is 3.06. The van der Waals surface area contributed by atoms with Gasteiger partial charge in [0.05, 0.1) is 16.0 Å². The van der Waals surface area contributed by atoms with Crippen LogP contribution in [0.2, 0.25) is 0 Å². The highest BCUT2D eigenvalue weighted by molar-refractivity contribution is 7.89. The van der Waals surface area contributed by atoms with Gasteiger partial charge < -0.3 is 0 Å². The first kappa shape index (κ1) is 19.2. The van der Waals surface area contributed by atoms with Gasteiger partial charge in [-0.05, 0) is 42.0 Å². The van der Waals surface area contributed by atoms with Crippen molar-refractivity contribution in [2.75, 3.05) is 0 Å². The molecule has 0 bridgehead atoms. The summed E-state index contributed by atoms with van der Waals surface area (Å²) in [5, 5.41) is 9.67. The molecule has 0 amide bonds. The van der Waals surface area contributed by atoms with E-state index in [4.69, 9.17) is 5.14 Å². The summed E-state index contributed by atoms with van der Waals surface area (Å²) in [6, 6.07) is 16.1. The summed E-state index contributed by atoms with van der Waals surface area (Å²) >= 11 is 0. The van der Waals surface area contributed by atoms with Gasteiger partial charge in [0.1, 0.15) is 5.69 Å². The smallest absolute Gasteiger partial charge is 0.240 e. The lowest BCUT2D eigenvalue weighted by molar-refractivity contribution is -0.137. The average molecular weight is 417 g/mol. The predicted octanol–water partition coefficient (Wildman–Crippen LogP) is 4.33. The Balaban J connectivity index is 1.90. The number of alkyl halides is 3. The highest BCUT2D eigenvalue weighted by Crippen LogP contribution is 2.37. The monoisotopic (exact) mass is 417 g/mol. The summed E-state index contributed by atoms with van der Waals surface area (Å²) in [5.74, 6) is 0. The summed E-state index contributed by atoms with van der Waals surface area (Å²) in [7, 11) is -3.84. The molecule has 0 atom stereocenters. The molecule has 0 aliphatic carbocycles. The van der Waals surface area contributed by atoms with E-state index in [0.29, 0.717) is 27.9 Å². The molecule has 0 spiro atoms. The predicted molar refractivity (Wildman–Crippen MR) is 102 cm³/mol. The van der Waals surface area contributed by atoms with Crippen molar-refractivity contribution in [3.8, 4) is 22.4 Å². The quantitative estimate of drug-likeness (QED) is 0.539. The molecule has 0 fully saturated rings. The molecule has 2 N–H and O–H groups in total. The van der Waals surface area contributed by atoms with Crippen LogP contribution in [-0.2, 0) is 16.2 Å². The molecule has 0 unspecified atom stereocenters. The zero-order valence-electron chi connectivity index (χ0n) is 14.8. The second-order valence-electron chi connectivity index (χ2n) is 6.40. The SMILES string of the molecule is NS(=O)(=O)c1ccc(-c2nn3ccccc3c2-c2ccc(C(F)(F)F)cc2)cc1. The number of nitrogens with zero attached hydrogens (tertiary/aromatic N) is 2. The van der Waals surface area contributed by atoms with E-state index in [1.807, 2.05) is 6.07 Å². The van der Waals surface area contributed by atoms with Crippen LogP contribution in [0.15, 0.2) is 77.8 Å². The Morgan fingerprint density at radius 2 is 1.48 bits per heavy atom. The Labute approximate surface area is 164 Å². The van der Waals surface area contributed by atoms with Crippen LogP contribution >= 0.6 is 0 Å². The minimum atomic E-state index is -4.42. The first-order valence-electron chi connectivity index (χ1n) is 8.43. The van der Waals surface area contributed by atoms with Gasteiger partial charge in [-0.15, -0.1) is 0 Å². The van der Waals surface area contributed by atoms with E-state index >= 15 is 0 Å². The molecule has 9 heteroatoms. The van der Waals surface area contributed by atoms with Crippen molar-refractivity contribution in [1.29, 1.82) is 0 Å². The molecule has 4 aromatic rings. The lowest BCUT2D eigenvalue weighted by Gasteiger charge is -2.09. The van der Waals surface area contributed by atoms with Crippen molar-refractivity contribution in [2.45, 2.75) is 11.1 Å². The van der Waals surface area contributed by atoms with E-state index in [1.165, 1.54) is 24.3 Å². The molecule has 2 aromatic heterocycles. The second kappa shape index (κ2) is 6.71. The van der Waals surface area contributed by atoms with Gasteiger partial charge in [-0.3, -0.25) is 0 Å². The number of nitrogens with two attached hydrogens (primary N) is 1. The van der Waals surface area contributed by atoms with Crippen LogP contribution in [0.5, 0.6) is 0 Å². The Hall–Kier alpha value is -3.17. The van der Waals surface area contributed by atoms with Gasteiger partial charge in [-0.1, -0.05) is 30.3 Å². The Morgan fingerprint density at radius 3 is 2.07 bits per heavy atom. The van der Waals surface area contributed by atoms with Crippen LogP contribution in [-0.4, -0.2) is 18.0 Å². The maximum absolute atomic E-state index is 12.9. The van der Waals surface area contributed by atoms with Gasteiger partial charge in [-0.2, -0.15) is 18.3 Å². The fourth-order valence-corrected chi connectivity index (χ4v) is 3.63. The van der Waals surface area contributed by atoms with Crippen molar-refractivity contribution in [2.24, 2.45) is 5.14 Å². The molecular weight excluding hydrogens is 403 g/mol. The molecule has 0 saturated carbocycles.